The number of rotatable bonds is 5. The Bertz CT molecular complexity index is 761. The topological polar surface area (TPSA) is 122 Å². The SMILES string of the molecule is C[C@H](CN)NCc1cccc2c1C(=O)N(C1CCC(=O)NC1=O)C2=O. The maximum Gasteiger partial charge on any atom is 0.262 e. The highest BCUT2D eigenvalue weighted by Gasteiger charge is 2.45. The summed E-state index contributed by atoms with van der Waals surface area (Å²) in [6.45, 7) is 2.76. The summed E-state index contributed by atoms with van der Waals surface area (Å²) in [5, 5.41) is 5.38. The van der Waals surface area contributed by atoms with Crippen molar-refractivity contribution >= 4 is 23.6 Å². The summed E-state index contributed by atoms with van der Waals surface area (Å²) < 4.78 is 0. The molecular formula is C17H20N4O4. The van der Waals surface area contributed by atoms with Crippen molar-refractivity contribution in [3.05, 3.63) is 34.9 Å². The fraction of sp³-hybridized carbons (Fsp3) is 0.412. The van der Waals surface area contributed by atoms with E-state index < -0.39 is 29.7 Å². The summed E-state index contributed by atoms with van der Waals surface area (Å²) in [5.41, 5.74) is 6.87. The molecule has 0 saturated carbocycles. The lowest BCUT2D eigenvalue weighted by atomic mass is 10.0. The fourth-order valence-electron chi connectivity index (χ4n) is 3.10. The molecule has 2 aliphatic rings. The van der Waals surface area contributed by atoms with Crippen LogP contribution in [0, 0.1) is 0 Å². The smallest absolute Gasteiger partial charge is 0.262 e. The van der Waals surface area contributed by atoms with E-state index in [1.54, 1.807) is 18.2 Å². The first-order chi connectivity index (χ1) is 11.9. The van der Waals surface area contributed by atoms with Gasteiger partial charge in [-0.15, -0.1) is 0 Å². The first-order valence-corrected chi connectivity index (χ1v) is 8.21. The molecule has 4 amide bonds. The first-order valence-electron chi connectivity index (χ1n) is 8.21. The average molecular weight is 344 g/mol. The van der Waals surface area contributed by atoms with Crippen LogP contribution in [0.4, 0.5) is 0 Å². The molecule has 2 atom stereocenters. The second-order valence-corrected chi connectivity index (χ2v) is 6.30. The second-order valence-electron chi connectivity index (χ2n) is 6.30. The molecule has 1 unspecified atom stereocenters. The van der Waals surface area contributed by atoms with Crippen LogP contribution in [0.15, 0.2) is 18.2 Å². The zero-order valence-electron chi connectivity index (χ0n) is 13.9. The maximum atomic E-state index is 12.9. The number of nitrogens with zero attached hydrogens (tertiary/aromatic N) is 1. The van der Waals surface area contributed by atoms with Gasteiger partial charge in [-0.3, -0.25) is 29.4 Å². The number of fused-ring (bicyclic) bond motifs is 1. The van der Waals surface area contributed by atoms with E-state index in [4.69, 9.17) is 5.73 Å². The van der Waals surface area contributed by atoms with Crippen molar-refractivity contribution in [1.82, 2.24) is 15.5 Å². The Balaban J connectivity index is 1.89. The highest BCUT2D eigenvalue weighted by atomic mass is 16.2. The first kappa shape index (κ1) is 17.2. The number of piperidine rings is 1. The number of nitrogens with one attached hydrogen (secondary N) is 2. The van der Waals surface area contributed by atoms with Crippen LogP contribution in [0.3, 0.4) is 0 Å². The number of carbonyl (C=O) groups is 4. The third-order valence-electron chi connectivity index (χ3n) is 4.55. The van der Waals surface area contributed by atoms with Gasteiger partial charge in [0.2, 0.25) is 11.8 Å². The quantitative estimate of drug-likeness (QED) is 0.621. The van der Waals surface area contributed by atoms with E-state index in [0.29, 0.717) is 24.2 Å². The van der Waals surface area contributed by atoms with Crippen LogP contribution in [-0.4, -0.2) is 47.2 Å². The van der Waals surface area contributed by atoms with E-state index in [9.17, 15) is 19.2 Å². The van der Waals surface area contributed by atoms with E-state index in [-0.39, 0.29) is 24.4 Å². The van der Waals surface area contributed by atoms with Crippen molar-refractivity contribution in [2.45, 2.75) is 38.4 Å². The molecule has 0 radical (unpaired) electrons. The molecule has 0 aliphatic carbocycles. The highest BCUT2D eigenvalue weighted by molar-refractivity contribution is 6.24. The van der Waals surface area contributed by atoms with Crippen molar-refractivity contribution in [1.29, 1.82) is 0 Å². The number of benzene rings is 1. The third-order valence-corrected chi connectivity index (χ3v) is 4.55. The fourth-order valence-corrected chi connectivity index (χ4v) is 3.10. The Morgan fingerprint density at radius 3 is 2.72 bits per heavy atom. The third kappa shape index (κ3) is 3.06. The van der Waals surface area contributed by atoms with Crippen LogP contribution in [0.2, 0.25) is 0 Å². The monoisotopic (exact) mass is 344 g/mol. The number of hydrogen-bond acceptors (Lipinski definition) is 6. The summed E-state index contributed by atoms with van der Waals surface area (Å²) in [6, 6.07) is 4.18. The van der Waals surface area contributed by atoms with Crippen molar-refractivity contribution in [2.75, 3.05) is 6.54 Å². The van der Waals surface area contributed by atoms with E-state index in [0.717, 1.165) is 4.90 Å². The molecule has 1 aromatic carbocycles. The summed E-state index contributed by atoms with van der Waals surface area (Å²) >= 11 is 0. The van der Waals surface area contributed by atoms with E-state index in [1.165, 1.54) is 0 Å². The number of amides is 4. The Hall–Kier alpha value is -2.58. The maximum absolute atomic E-state index is 12.9. The molecule has 0 aromatic heterocycles. The van der Waals surface area contributed by atoms with Gasteiger partial charge in [-0.25, -0.2) is 0 Å². The zero-order chi connectivity index (χ0) is 18.1. The summed E-state index contributed by atoms with van der Waals surface area (Å²) in [5.74, 6) is -1.99. The molecule has 1 aromatic rings. The molecular weight excluding hydrogens is 324 g/mol. The van der Waals surface area contributed by atoms with Gasteiger partial charge in [0.1, 0.15) is 6.04 Å². The van der Waals surface area contributed by atoms with Gasteiger partial charge < -0.3 is 11.1 Å². The van der Waals surface area contributed by atoms with Crippen molar-refractivity contribution in [2.24, 2.45) is 5.73 Å². The van der Waals surface area contributed by atoms with Crippen molar-refractivity contribution in [3.63, 3.8) is 0 Å². The molecule has 3 rings (SSSR count). The Morgan fingerprint density at radius 1 is 1.28 bits per heavy atom. The van der Waals surface area contributed by atoms with Crippen molar-refractivity contribution in [3.8, 4) is 0 Å². The predicted molar refractivity (Wildman–Crippen MR) is 88.5 cm³/mol. The van der Waals surface area contributed by atoms with Crippen LogP contribution < -0.4 is 16.4 Å². The number of carbonyl (C=O) groups excluding carboxylic acids is 4. The van der Waals surface area contributed by atoms with Crippen LogP contribution in [-0.2, 0) is 16.1 Å². The summed E-state index contributed by atoms with van der Waals surface area (Å²) in [7, 11) is 0. The number of nitrogens with two attached hydrogens (primary N) is 1. The summed E-state index contributed by atoms with van der Waals surface area (Å²) in [6.07, 6.45) is 0.250. The van der Waals surface area contributed by atoms with Gasteiger partial charge in [0.25, 0.3) is 11.8 Å². The van der Waals surface area contributed by atoms with E-state index >= 15 is 0 Å². The molecule has 8 heteroatoms. The van der Waals surface area contributed by atoms with Gasteiger partial charge in [-0.05, 0) is 25.0 Å². The minimum absolute atomic E-state index is 0.0642. The van der Waals surface area contributed by atoms with Crippen LogP contribution >= 0.6 is 0 Å². The largest absolute Gasteiger partial charge is 0.329 e. The molecule has 2 aliphatic heterocycles. The molecule has 25 heavy (non-hydrogen) atoms. The predicted octanol–water partition coefficient (Wildman–Crippen LogP) is -0.475. The van der Waals surface area contributed by atoms with Crippen LogP contribution in [0.25, 0.3) is 0 Å². The van der Waals surface area contributed by atoms with Gasteiger partial charge in [0, 0.05) is 25.6 Å². The molecule has 1 fully saturated rings. The lowest BCUT2D eigenvalue weighted by molar-refractivity contribution is -0.136. The number of hydrogen-bond donors (Lipinski definition) is 3. The Morgan fingerprint density at radius 2 is 2.04 bits per heavy atom. The molecule has 0 spiro atoms. The van der Waals surface area contributed by atoms with E-state index in [1.807, 2.05) is 6.92 Å². The molecule has 8 nitrogen and oxygen atoms in total. The Kier molecular flexibility index (Phi) is 4.65. The molecule has 4 N–H and O–H groups in total. The average Bonchev–Trinajstić information content (AvgIpc) is 2.85. The van der Waals surface area contributed by atoms with Gasteiger partial charge >= 0.3 is 0 Å². The van der Waals surface area contributed by atoms with Crippen molar-refractivity contribution < 1.29 is 19.2 Å². The second kappa shape index (κ2) is 6.73. The highest BCUT2D eigenvalue weighted by Crippen LogP contribution is 2.29. The van der Waals surface area contributed by atoms with Gasteiger partial charge in [-0.2, -0.15) is 0 Å². The van der Waals surface area contributed by atoms with Gasteiger partial charge in [0.05, 0.1) is 11.1 Å². The van der Waals surface area contributed by atoms with Gasteiger partial charge in [0.15, 0.2) is 0 Å². The molecule has 132 valence electrons. The standard InChI is InChI=1S/C17H20N4O4/c1-9(7-18)19-8-10-3-2-4-11-14(10)17(25)21(16(11)24)12-5-6-13(22)20-15(12)23/h2-4,9,12,19H,5-8,18H2,1H3,(H,20,22,23)/t9-,12?/m1/s1. The molecule has 2 heterocycles. The zero-order valence-corrected chi connectivity index (χ0v) is 13.9. The summed E-state index contributed by atoms with van der Waals surface area (Å²) in [4.78, 5) is 49.9. The van der Waals surface area contributed by atoms with Gasteiger partial charge in [-0.1, -0.05) is 12.1 Å². The Labute approximate surface area is 144 Å². The molecule has 0 bridgehead atoms. The lowest BCUT2D eigenvalue weighted by Crippen LogP contribution is -2.54. The minimum atomic E-state index is -0.950. The van der Waals surface area contributed by atoms with Crippen LogP contribution in [0.5, 0.6) is 0 Å². The normalized spacial score (nSPS) is 21.4. The molecule has 1 saturated heterocycles. The minimum Gasteiger partial charge on any atom is -0.329 e. The van der Waals surface area contributed by atoms with E-state index in [2.05, 4.69) is 10.6 Å². The lowest BCUT2D eigenvalue weighted by Gasteiger charge is -2.27. The number of imide groups is 2. The van der Waals surface area contributed by atoms with Crippen LogP contribution in [0.1, 0.15) is 46.0 Å².